The minimum atomic E-state index is -0.563. The second-order valence-corrected chi connectivity index (χ2v) is 8.58. The van der Waals surface area contributed by atoms with E-state index in [-0.39, 0.29) is 36.1 Å². The molecule has 2 rings (SSSR count). The fourth-order valence-electron chi connectivity index (χ4n) is 3.03. The maximum Gasteiger partial charge on any atom is 0.410 e. The van der Waals surface area contributed by atoms with E-state index in [0.29, 0.717) is 31.1 Å². The number of aromatic nitrogens is 2. The molecule has 9 heteroatoms. The van der Waals surface area contributed by atoms with Crippen LogP contribution < -0.4 is 5.32 Å². The van der Waals surface area contributed by atoms with Gasteiger partial charge >= 0.3 is 6.09 Å². The van der Waals surface area contributed by atoms with E-state index in [4.69, 9.17) is 21.1 Å². The van der Waals surface area contributed by atoms with Gasteiger partial charge in [-0.05, 0) is 47.5 Å². The molecule has 28 heavy (non-hydrogen) atoms. The second-order valence-electron chi connectivity index (χ2n) is 8.23. The molecule has 1 aliphatic rings. The summed E-state index contributed by atoms with van der Waals surface area (Å²) in [6, 6.07) is -0.248. The van der Waals surface area contributed by atoms with Gasteiger partial charge in [0.2, 0.25) is 0 Å². The summed E-state index contributed by atoms with van der Waals surface area (Å²) >= 11 is 6.03. The van der Waals surface area contributed by atoms with Crippen molar-refractivity contribution in [1.29, 1.82) is 0 Å². The first kappa shape index (κ1) is 22.5. The van der Waals surface area contributed by atoms with E-state index in [1.54, 1.807) is 4.90 Å². The number of piperidine rings is 1. The van der Waals surface area contributed by atoms with Crippen LogP contribution in [0.25, 0.3) is 0 Å². The highest BCUT2D eigenvalue weighted by atomic mass is 35.5. The third-order valence-electron chi connectivity index (χ3n) is 4.27. The molecule has 2 amide bonds. The van der Waals surface area contributed by atoms with Crippen LogP contribution in [0.1, 0.15) is 64.3 Å². The summed E-state index contributed by atoms with van der Waals surface area (Å²) in [7, 11) is 0. The van der Waals surface area contributed by atoms with Crippen LogP contribution in [-0.2, 0) is 15.9 Å². The molecule has 0 saturated carbocycles. The van der Waals surface area contributed by atoms with E-state index in [1.165, 1.54) is 0 Å². The van der Waals surface area contributed by atoms with Crippen molar-refractivity contribution in [3.63, 3.8) is 0 Å². The largest absolute Gasteiger partial charge is 0.444 e. The van der Waals surface area contributed by atoms with Crippen LogP contribution in [0.3, 0.4) is 0 Å². The lowest BCUT2D eigenvalue weighted by molar-refractivity contribution is -0.0553. The molecule has 8 nitrogen and oxygen atoms in total. The number of likely N-dealkylation sites (tertiary alicyclic amines) is 1. The molecule has 0 spiro atoms. The third-order valence-corrected chi connectivity index (χ3v) is 4.58. The highest BCUT2D eigenvalue weighted by Crippen LogP contribution is 2.20. The number of ether oxygens (including phenoxy) is 2. The molecule has 0 bridgehead atoms. The Hall–Kier alpha value is -1.80. The van der Waals surface area contributed by atoms with E-state index in [9.17, 15) is 9.59 Å². The van der Waals surface area contributed by atoms with Crippen molar-refractivity contribution in [2.24, 2.45) is 0 Å². The number of nitrogens with zero attached hydrogens (tertiary/aromatic N) is 2. The number of carbonyl (C=O) groups is 2. The quantitative estimate of drug-likeness (QED) is 0.771. The second kappa shape index (κ2) is 9.13. The Morgan fingerprint density at radius 1 is 1.39 bits per heavy atom. The Morgan fingerprint density at radius 3 is 2.61 bits per heavy atom. The van der Waals surface area contributed by atoms with E-state index < -0.39 is 5.60 Å². The molecule has 0 radical (unpaired) electrons. The molecule has 1 fully saturated rings. The van der Waals surface area contributed by atoms with Crippen molar-refractivity contribution in [3.8, 4) is 0 Å². The van der Waals surface area contributed by atoms with Gasteiger partial charge in [-0.15, -0.1) is 0 Å². The van der Waals surface area contributed by atoms with Crippen LogP contribution in [0, 0.1) is 0 Å². The lowest BCUT2D eigenvalue weighted by atomic mass is 10.0. The van der Waals surface area contributed by atoms with E-state index >= 15 is 0 Å². The van der Waals surface area contributed by atoms with Crippen LogP contribution >= 0.6 is 11.6 Å². The number of imidazole rings is 1. The van der Waals surface area contributed by atoms with Crippen molar-refractivity contribution >= 4 is 23.6 Å². The van der Waals surface area contributed by atoms with Gasteiger partial charge in [0.05, 0.1) is 30.5 Å². The van der Waals surface area contributed by atoms with Crippen LogP contribution in [0.5, 0.6) is 0 Å². The molecule has 2 heterocycles. The molecule has 2 N–H and O–H groups in total. The standard InChI is InChI=1S/C19H31ClN4O4/c1-7-12-15(20)23-16(21-12)17(25)22-13-8-9-24(10-14(13)27-11(2)3)18(26)28-19(4,5)6/h11,13-14H,7-10H2,1-6H3,(H,21,23)(H,22,25). The maximum atomic E-state index is 12.6. The zero-order valence-electron chi connectivity index (χ0n) is 17.5. The summed E-state index contributed by atoms with van der Waals surface area (Å²) in [5, 5.41) is 3.28. The summed E-state index contributed by atoms with van der Waals surface area (Å²) in [6.45, 7) is 12.1. The number of nitrogens with one attached hydrogen (secondary N) is 2. The maximum absolute atomic E-state index is 12.6. The molecule has 2 atom stereocenters. The first-order chi connectivity index (χ1) is 13.0. The number of halogens is 1. The zero-order chi connectivity index (χ0) is 21.1. The smallest absolute Gasteiger partial charge is 0.410 e. The Balaban J connectivity index is 2.06. The van der Waals surface area contributed by atoms with E-state index in [2.05, 4.69) is 15.3 Å². The number of hydrogen-bond acceptors (Lipinski definition) is 5. The van der Waals surface area contributed by atoms with Gasteiger partial charge in [-0.2, -0.15) is 0 Å². The number of aryl methyl sites for hydroxylation is 1. The molecule has 1 aliphatic heterocycles. The summed E-state index contributed by atoms with van der Waals surface area (Å²) in [6.07, 6.45) is 0.443. The average molecular weight is 415 g/mol. The zero-order valence-corrected chi connectivity index (χ0v) is 18.2. The molecular weight excluding hydrogens is 384 g/mol. The van der Waals surface area contributed by atoms with E-state index in [0.717, 1.165) is 5.69 Å². The molecular formula is C19H31ClN4O4. The van der Waals surface area contributed by atoms with Gasteiger partial charge in [0, 0.05) is 6.54 Å². The van der Waals surface area contributed by atoms with Gasteiger partial charge < -0.3 is 24.7 Å². The number of H-pyrrole nitrogens is 1. The molecule has 1 aromatic rings. The number of rotatable bonds is 5. The van der Waals surface area contributed by atoms with Crippen molar-refractivity contribution in [3.05, 3.63) is 16.7 Å². The van der Waals surface area contributed by atoms with Crippen molar-refractivity contribution in [1.82, 2.24) is 20.2 Å². The summed E-state index contributed by atoms with van der Waals surface area (Å²) < 4.78 is 11.4. The first-order valence-electron chi connectivity index (χ1n) is 9.68. The normalized spacial score (nSPS) is 20.4. The first-order valence-corrected chi connectivity index (χ1v) is 10.1. The highest BCUT2D eigenvalue weighted by molar-refractivity contribution is 6.30. The minimum absolute atomic E-state index is 0.0484. The number of carbonyl (C=O) groups excluding carboxylic acids is 2. The van der Waals surface area contributed by atoms with Crippen LogP contribution in [0.2, 0.25) is 5.15 Å². The average Bonchev–Trinajstić information content (AvgIpc) is 2.95. The van der Waals surface area contributed by atoms with Gasteiger partial charge in [-0.3, -0.25) is 4.79 Å². The van der Waals surface area contributed by atoms with Gasteiger partial charge in [-0.1, -0.05) is 18.5 Å². The topological polar surface area (TPSA) is 96.6 Å². The molecule has 1 aromatic heterocycles. The van der Waals surface area contributed by atoms with Gasteiger partial charge in [0.25, 0.3) is 5.91 Å². The monoisotopic (exact) mass is 414 g/mol. The number of hydrogen-bond donors (Lipinski definition) is 2. The lowest BCUT2D eigenvalue weighted by Gasteiger charge is -2.39. The lowest BCUT2D eigenvalue weighted by Crippen LogP contribution is -2.57. The summed E-state index contributed by atoms with van der Waals surface area (Å²) in [5.74, 6) is -0.158. The molecule has 2 unspecified atom stereocenters. The van der Waals surface area contributed by atoms with Crippen molar-refractivity contribution in [2.75, 3.05) is 13.1 Å². The van der Waals surface area contributed by atoms with Crippen LogP contribution in [0.15, 0.2) is 0 Å². The number of amides is 2. The fraction of sp³-hybridized carbons (Fsp3) is 0.737. The minimum Gasteiger partial charge on any atom is -0.444 e. The van der Waals surface area contributed by atoms with Crippen molar-refractivity contribution < 1.29 is 19.1 Å². The fourth-order valence-corrected chi connectivity index (χ4v) is 3.29. The van der Waals surface area contributed by atoms with Gasteiger partial charge in [0.15, 0.2) is 11.0 Å². The van der Waals surface area contributed by atoms with Gasteiger partial charge in [-0.25, -0.2) is 9.78 Å². The number of aromatic amines is 1. The Bertz CT molecular complexity index is 699. The predicted octanol–water partition coefficient (Wildman–Crippen LogP) is 3.16. The van der Waals surface area contributed by atoms with Gasteiger partial charge in [0.1, 0.15) is 5.60 Å². The van der Waals surface area contributed by atoms with E-state index in [1.807, 2.05) is 41.5 Å². The van der Waals surface area contributed by atoms with Crippen LogP contribution in [-0.4, -0.2) is 63.8 Å². The molecule has 1 saturated heterocycles. The SMILES string of the molecule is CCc1[nH]c(C(=O)NC2CCN(C(=O)OC(C)(C)C)CC2OC(C)C)nc1Cl. The predicted molar refractivity (Wildman–Crippen MR) is 107 cm³/mol. The molecule has 0 aromatic carbocycles. The summed E-state index contributed by atoms with van der Waals surface area (Å²) in [5.41, 5.74) is 0.160. The third kappa shape index (κ3) is 6.10. The molecule has 158 valence electrons. The summed E-state index contributed by atoms with van der Waals surface area (Å²) in [4.78, 5) is 33.7. The Labute approximate surface area is 171 Å². The Kier molecular flexibility index (Phi) is 7.33. The van der Waals surface area contributed by atoms with Crippen LogP contribution in [0.4, 0.5) is 4.79 Å². The Morgan fingerprint density at radius 2 is 2.07 bits per heavy atom. The van der Waals surface area contributed by atoms with Crippen molar-refractivity contribution in [2.45, 2.75) is 78.2 Å². The molecule has 0 aliphatic carbocycles. The highest BCUT2D eigenvalue weighted by Gasteiger charge is 2.36.